The molecule has 2 aromatic carbocycles. The summed E-state index contributed by atoms with van der Waals surface area (Å²) in [7, 11) is 0. The van der Waals surface area contributed by atoms with E-state index in [4.69, 9.17) is 9.47 Å². The molecule has 2 aromatic rings. The van der Waals surface area contributed by atoms with Crippen LogP contribution in [-0.2, 0) is 19.5 Å². The molecule has 0 bridgehead atoms. The van der Waals surface area contributed by atoms with Crippen LogP contribution in [0.4, 0.5) is 0 Å². The van der Waals surface area contributed by atoms with E-state index in [2.05, 4.69) is 41.8 Å². The molecule has 2 aliphatic rings. The van der Waals surface area contributed by atoms with Crippen LogP contribution in [0.25, 0.3) is 0 Å². The first-order valence-corrected chi connectivity index (χ1v) is 7.73. The van der Waals surface area contributed by atoms with Crippen molar-refractivity contribution in [2.75, 3.05) is 13.5 Å². The average molecular weight is 298 g/mol. The van der Waals surface area contributed by atoms with E-state index < -0.39 is 0 Å². The zero-order valence-electron chi connectivity index (χ0n) is 12.9. The summed E-state index contributed by atoms with van der Waals surface area (Å²) < 4.78 is 10.7. The number of hydrogen-bond acceptors (Lipinski definition) is 4. The predicted octanol–water partition coefficient (Wildman–Crippen LogP) is 2.81. The summed E-state index contributed by atoms with van der Waals surface area (Å²) in [6, 6.07) is 14.5. The Balaban J connectivity index is 0.000000133. The molecule has 4 rings (SSSR count). The Labute approximate surface area is 131 Å². The zero-order chi connectivity index (χ0) is 15.2. The molecule has 0 aromatic heterocycles. The van der Waals surface area contributed by atoms with Gasteiger partial charge in [0.15, 0.2) is 0 Å². The fraction of sp³-hybridized carbons (Fsp3) is 0.333. The van der Waals surface area contributed by atoms with Crippen molar-refractivity contribution < 1.29 is 9.47 Å². The van der Waals surface area contributed by atoms with E-state index in [0.29, 0.717) is 13.5 Å². The number of hydrogen-bond donors (Lipinski definition) is 2. The fourth-order valence-electron chi connectivity index (χ4n) is 2.55. The van der Waals surface area contributed by atoms with Gasteiger partial charge in [-0.1, -0.05) is 37.3 Å². The molecular weight excluding hydrogens is 276 g/mol. The lowest BCUT2D eigenvalue weighted by Crippen LogP contribution is -2.25. The molecule has 4 nitrogen and oxygen atoms in total. The summed E-state index contributed by atoms with van der Waals surface area (Å²) in [4.78, 5) is 0. The van der Waals surface area contributed by atoms with E-state index in [-0.39, 0.29) is 0 Å². The summed E-state index contributed by atoms with van der Waals surface area (Å²) in [5.74, 6) is 2.05. The van der Waals surface area contributed by atoms with Gasteiger partial charge in [0, 0.05) is 24.2 Å². The highest BCUT2D eigenvalue weighted by Gasteiger charge is 2.08. The maximum Gasteiger partial charge on any atom is 0.139 e. The summed E-state index contributed by atoms with van der Waals surface area (Å²) in [5, 5.41) is 6.29. The lowest BCUT2D eigenvalue weighted by atomic mass is 10.1. The van der Waals surface area contributed by atoms with Crippen LogP contribution in [0.15, 0.2) is 42.5 Å². The third-order valence-electron chi connectivity index (χ3n) is 3.80. The number of nitrogens with one attached hydrogen (secondary N) is 2. The normalized spacial score (nSPS) is 15.3. The molecule has 4 heteroatoms. The molecule has 0 radical (unpaired) electrons. The highest BCUT2D eigenvalue weighted by Crippen LogP contribution is 2.22. The largest absolute Gasteiger partial charge is 0.478 e. The molecule has 116 valence electrons. The van der Waals surface area contributed by atoms with Crippen molar-refractivity contribution in [2.24, 2.45) is 0 Å². The number of rotatable bonds is 1. The van der Waals surface area contributed by atoms with Crippen LogP contribution in [0.5, 0.6) is 11.5 Å². The summed E-state index contributed by atoms with van der Waals surface area (Å²) >= 11 is 0. The first-order chi connectivity index (χ1) is 10.9. The molecule has 2 heterocycles. The molecule has 0 aliphatic carbocycles. The molecule has 2 aliphatic heterocycles. The number of ether oxygens (including phenoxy) is 2. The molecule has 0 amide bonds. The van der Waals surface area contributed by atoms with Crippen molar-refractivity contribution in [1.29, 1.82) is 0 Å². The van der Waals surface area contributed by atoms with Crippen molar-refractivity contribution >= 4 is 0 Å². The fourth-order valence-corrected chi connectivity index (χ4v) is 2.55. The van der Waals surface area contributed by atoms with Crippen molar-refractivity contribution in [2.45, 2.75) is 26.4 Å². The Morgan fingerprint density at radius 1 is 0.864 bits per heavy atom. The summed E-state index contributed by atoms with van der Waals surface area (Å²) in [6.07, 6.45) is 1.09. The highest BCUT2D eigenvalue weighted by atomic mass is 16.5. The van der Waals surface area contributed by atoms with Crippen molar-refractivity contribution in [3.63, 3.8) is 0 Å². The molecule has 0 saturated carbocycles. The highest BCUT2D eigenvalue weighted by molar-refractivity contribution is 5.38. The Hall–Kier alpha value is -2.04. The van der Waals surface area contributed by atoms with Crippen LogP contribution < -0.4 is 20.1 Å². The minimum absolute atomic E-state index is 0.636. The number of fused-ring (bicyclic) bond motifs is 2. The van der Waals surface area contributed by atoms with Gasteiger partial charge in [0.25, 0.3) is 0 Å². The smallest absolute Gasteiger partial charge is 0.139 e. The Morgan fingerprint density at radius 3 is 2.27 bits per heavy atom. The van der Waals surface area contributed by atoms with E-state index in [1.165, 1.54) is 16.7 Å². The first-order valence-electron chi connectivity index (χ1n) is 7.73. The summed E-state index contributed by atoms with van der Waals surface area (Å²) in [6.45, 7) is 5.30. The van der Waals surface area contributed by atoms with Crippen LogP contribution in [0.3, 0.4) is 0 Å². The molecule has 0 fully saturated rings. The lowest BCUT2D eigenvalue weighted by molar-refractivity contribution is 0.257. The quantitative estimate of drug-likeness (QED) is 0.849. The van der Waals surface area contributed by atoms with Gasteiger partial charge >= 0.3 is 0 Å². The predicted molar refractivity (Wildman–Crippen MR) is 86.9 cm³/mol. The van der Waals surface area contributed by atoms with Crippen molar-refractivity contribution in [3.8, 4) is 11.5 Å². The van der Waals surface area contributed by atoms with Crippen molar-refractivity contribution in [3.05, 3.63) is 59.2 Å². The molecule has 0 unspecified atom stereocenters. The SMILES string of the molecule is CCc1ccc2c(c1)CNCO2.c1ccc2c(c1)CNCO2. The van der Waals surface area contributed by atoms with E-state index in [0.717, 1.165) is 31.0 Å². The Morgan fingerprint density at radius 2 is 1.55 bits per heavy atom. The van der Waals surface area contributed by atoms with Crippen LogP contribution in [0, 0.1) is 0 Å². The Bertz CT molecular complexity index is 603. The molecular formula is C18H22N2O2. The van der Waals surface area contributed by atoms with Gasteiger partial charge in [-0.2, -0.15) is 0 Å². The monoisotopic (exact) mass is 298 g/mol. The minimum Gasteiger partial charge on any atom is -0.478 e. The first kappa shape index (κ1) is 14.9. The van der Waals surface area contributed by atoms with Gasteiger partial charge in [-0.3, -0.25) is 10.6 Å². The molecule has 0 atom stereocenters. The van der Waals surface area contributed by atoms with Gasteiger partial charge in [0.05, 0.1) is 0 Å². The van der Waals surface area contributed by atoms with Gasteiger partial charge in [-0.05, 0) is 24.1 Å². The van der Waals surface area contributed by atoms with E-state index >= 15 is 0 Å². The second-order valence-corrected chi connectivity index (χ2v) is 5.33. The second-order valence-electron chi connectivity index (χ2n) is 5.33. The topological polar surface area (TPSA) is 42.5 Å². The van der Waals surface area contributed by atoms with E-state index in [1.54, 1.807) is 0 Å². The van der Waals surface area contributed by atoms with E-state index in [9.17, 15) is 0 Å². The second kappa shape index (κ2) is 7.29. The maximum atomic E-state index is 5.41. The maximum absolute atomic E-state index is 5.41. The molecule has 22 heavy (non-hydrogen) atoms. The van der Waals surface area contributed by atoms with Crippen LogP contribution in [-0.4, -0.2) is 13.5 Å². The summed E-state index contributed by atoms with van der Waals surface area (Å²) in [5.41, 5.74) is 3.90. The zero-order valence-corrected chi connectivity index (χ0v) is 12.9. The standard InChI is InChI=1S/C10H13NO.C8H9NO/c1-2-8-3-4-10-9(5-8)6-11-7-12-10;1-2-4-8-7(3-1)5-9-6-10-8/h3-5,11H,2,6-7H2,1H3;1-4,9H,5-6H2. The van der Waals surface area contributed by atoms with Crippen molar-refractivity contribution in [1.82, 2.24) is 10.6 Å². The third kappa shape index (κ3) is 3.59. The average Bonchev–Trinajstić information content (AvgIpc) is 2.62. The number of benzene rings is 2. The number of aryl methyl sites for hydroxylation is 1. The van der Waals surface area contributed by atoms with Gasteiger partial charge in [0.1, 0.15) is 25.0 Å². The van der Waals surface area contributed by atoms with E-state index in [1.807, 2.05) is 18.2 Å². The van der Waals surface area contributed by atoms with Gasteiger partial charge in [-0.25, -0.2) is 0 Å². The van der Waals surface area contributed by atoms with Crippen LogP contribution in [0.1, 0.15) is 23.6 Å². The van der Waals surface area contributed by atoms with Crippen LogP contribution in [0.2, 0.25) is 0 Å². The van der Waals surface area contributed by atoms with Crippen LogP contribution >= 0.6 is 0 Å². The molecule has 2 N–H and O–H groups in total. The molecule has 0 saturated heterocycles. The third-order valence-corrected chi connectivity index (χ3v) is 3.80. The molecule has 0 spiro atoms. The van der Waals surface area contributed by atoms with Gasteiger partial charge in [0.2, 0.25) is 0 Å². The minimum atomic E-state index is 0.636. The lowest BCUT2D eigenvalue weighted by Gasteiger charge is -2.18. The Kier molecular flexibility index (Phi) is 4.93. The van der Waals surface area contributed by atoms with Gasteiger partial charge in [-0.15, -0.1) is 0 Å². The van der Waals surface area contributed by atoms with Gasteiger partial charge < -0.3 is 9.47 Å². The number of para-hydroxylation sites is 1.